The lowest BCUT2D eigenvalue weighted by atomic mass is 9.97. The van der Waals surface area contributed by atoms with Gasteiger partial charge in [0.1, 0.15) is 0 Å². The van der Waals surface area contributed by atoms with Crippen LogP contribution in [0.4, 0.5) is 0 Å². The summed E-state index contributed by atoms with van der Waals surface area (Å²) in [6, 6.07) is 0. The summed E-state index contributed by atoms with van der Waals surface area (Å²) < 4.78 is 4.88. The van der Waals surface area contributed by atoms with Gasteiger partial charge < -0.3 is 4.74 Å². The van der Waals surface area contributed by atoms with E-state index in [1.807, 2.05) is 27.7 Å². The molecular formula is C17H18N4O3. The molecule has 0 amide bonds. The molecule has 3 rings (SSSR count). The van der Waals surface area contributed by atoms with Crippen LogP contribution in [0.2, 0.25) is 0 Å². The van der Waals surface area contributed by atoms with Gasteiger partial charge in [0.15, 0.2) is 11.2 Å². The van der Waals surface area contributed by atoms with Crippen molar-refractivity contribution in [1.29, 1.82) is 0 Å². The van der Waals surface area contributed by atoms with Crippen LogP contribution in [0.3, 0.4) is 0 Å². The first-order valence-electron chi connectivity index (χ1n) is 7.70. The van der Waals surface area contributed by atoms with E-state index in [2.05, 4.69) is 19.9 Å². The Morgan fingerprint density at radius 1 is 0.917 bits per heavy atom. The van der Waals surface area contributed by atoms with Crippen LogP contribution in [0.5, 0.6) is 0 Å². The average molecular weight is 326 g/mol. The van der Waals surface area contributed by atoms with Gasteiger partial charge >= 0.3 is 5.97 Å². The van der Waals surface area contributed by atoms with Crippen molar-refractivity contribution in [2.45, 2.75) is 34.6 Å². The molecule has 0 bridgehead atoms. The van der Waals surface area contributed by atoms with Gasteiger partial charge in [0.05, 0.1) is 17.6 Å². The fourth-order valence-electron chi connectivity index (χ4n) is 2.69. The van der Waals surface area contributed by atoms with E-state index in [-0.39, 0.29) is 23.6 Å². The molecule has 2 aromatic heterocycles. The average Bonchev–Trinajstić information content (AvgIpc) is 2.57. The number of nitrogens with one attached hydrogen (secondary N) is 1. The molecule has 3 aromatic rings. The van der Waals surface area contributed by atoms with Gasteiger partial charge in [-0.2, -0.15) is 0 Å². The molecule has 2 heterocycles. The van der Waals surface area contributed by atoms with E-state index in [9.17, 15) is 9.59 Å². The van der Waals surface area contributed by atoms with E-state index in [1.54, 1.807) is 6.92 Å². The van der Waals surface area contributed by atoms with E-state index in [0.29, 0.717) is 11.0 Å². The van der Waals surface area contributed by atoms with Crippen molar-refractivity contribution in [3.8, 4) is 0 Å². The number of esters is 1. The molecular weight excluding hydrogens is 308 g/mol. The number of aryl methyl sites for hydroxylation is 2. The Balaban J connectivity index is 2.39. The molecule has 7 nitrogen and oxygen atoms in total. The number of fused-ring (bicyclic) bond motifs is 2. The van der Waals surface area contributed by atoms with Crippen LogP contribution in [-0.2, 0) is 4.74 Å². The quantitative estimate of drug-likeness (QED) is 0.573. The molecule has 1 aromatic carbocycles. The first-order chi connectivity index (χ1) is 11.3. The first kappa shape index (κ1) is 16.0. The normalized spacial score (nSPS) is 11.2. The fraction of sp³-hybridized carbons (Fsp3) is 0.353. The largest absolute Gasteiger partial charge is 0.460 e. The summed E-state index contributed by atoms with van der Waals surface area (Å²) in [7, 11) is 0. The van der Waals surface area contributed by atoms with E-state index in [4.69, 9.17) is 4.74 Å². The van der Waals surface area contributed by atoms with Crippen LogP contribution in [0.25, 0.3) is 22.2 Å². The highest BCUT2D eigenvalue weighted by Crippen LogP contribution is 2.27. The van der Waals surface area contributed by atoms with Crippen molar-refractivity contribution in [1.82, 2.24) is 19.9 Å². The number of H-pyrrole nitrogens is 1. The van der Waals surface area contributed by atoms with Crippen molar-refractivity contribution in [2.75, 3.05) is 6.61 Å². The molecule has 24 heavy (non-hydrogen) atoms. The van der Waals surface area contributed by atoms with Crippen LogP contribution >= 0.6 is 0 Å². The molecule has 0 fully saturated rings. The van der Waals surface area contributed by atoms with Crippen LogP contribution in [0.1, 0.15) is 39.8 Å². The van der Waals surface area contributed by atoms with Crippen molar-refractivity contribution < 1.29 is 9.53 Å². The molecule has 0 saturated carbocycles. The minimum absolute atomic E-state index is 0.112. The number of aromatic amines is 1. The predicted molar refractivity (Wildman–Crippen MR) is 90.4 cm³/mol. The Kier molecular flexibility index (Phi) is 3.79. The summed E-state index contributed by atoms with van der Waals surface area (Å²) in [5, 5.41) is 0. The van der Waals surface area contributed by atoms with Crippen LogP contribution in [-0.4, -0.2) is 32.5 Å². The second kappa shape index (κ2) is 5.67. The van der Waals surface area contributed by atoms with E-state index in [1.165, 1.54) is 0 Å². The summed E-state index contributed by atoms with van der Waals surface area (Å²) in [6.45, 7) is 9.85. The smallest absolute Gasteiger partial charge is 0.374 e. The maximum Gasteiger partial charge on any atom is 0.374 e. The summed E-state index contributed by atoms with van der Waals surface area (Å²) >= 11 is 0. The van der Waals surface area contributed by atoms with E-state index < -0.39 is 11.5 Å². The van der Waals surface area contributed by atoms with Gasteiger partial charge in [0.25, 0.3) is 5.56 Å². The Hall–Kier alpha value is -2.83. The molecule has 0 atom stereocenters. The fourth-order valence-corrected chi connectivity index (χ4v) is 2.69. The molecule has 0 unspecified atom stereocenters. The number of ether oxygens (including phenoxy) is 1. The Bertz CT molecular complexity index is 1050. The third-order valence-electron chi connectivity index (χ3n) is 4.41. The summed E-state index contributed by atoms with van der Waals surface area (Å²) in [4.78, 5) is 39.6. The van der Waals surface area contributed by atoms with Gasteiger partial charge in [-0.3, -0.25) is 9.78 Å². The molecule has 0 saturated heterocycles. The molecule has 0 aliphatic carbocycles. The highest BCUT2D eigenvalue weighted by Gasteiger charge is 2.17. The maximum atomic E-state index is 12.3. The minimum Gasteiger partial charge on any atom is -0.460 e. The number of aromatic nitrogens is 4. The summed E-state index contributed by atoms with van der Waals surface area (Å²) in [5.74, 6) is -0.854. The monoisotopic (exact) mass is 326 g/mol. The number of rotatable bonds is 2. The summed E-state index contributed by atoms with van der Waals surface area (Å²) in [6.07, 6.45) is 0. The summed E-state index contributed by atoms with van der Waals surface area (Å²) in [5.41, 5.74) is 5.34. The highest BCUT2D eigenvalue weighted by molar-refractivity contribution is 5.91. The Morgan fingerprint density at radius 3 is 2.08 bits per heavy atom. The van der Waals surface area contributed by atoms with E-state index >= 15 is 0 Å². The number of hydrogen-bond acceptors (Lipinski definition) is 6. The Labute approximate surface area is 138 Å². The SMILES string of the molecule is CCOC(=O)c1nc2nc3c(C)c(C)c(C)c(C)c3nc2c(=O)[nH]1. The van der Waals surface area contributed by atoms with Crippen molar-refractivity contribution in [3.63, 3.8) is 0 Å². The van der Waals surface area contributed by atoms with Crippen molar-refractivity contribution >= 4 is 28.2 Å². The molecule has 1 N–H and O–H groups in total. The lowest BCUT2D eigenvalue weighted by Crippen LogP contribution is -2.19. The lowest BCUT2D eigenvalue weighted by molar-refractivity contribution is 0.0512. The number of nitrogens with zero attached hydrogens (tertiary/aromatic N) is 3. The third kappa shape index (κ3) is 2.33. The second-order valence-electron chi connectivity index (χ2n) is 5.73. The van der Waals surface area contributed by atoms with Gasteiger partial charge in [-0.15, -0.1) is 0 Å². The van der Waals surface area contributed by atoms with Gasteiger partial charge in [0, 0.05) is 0 Å². The van der Waals surface area contributed by atoms with Gasteiger partial charge in [-0.25, -0.2) is 19.7 Å². The van der Waals surface area contributed by atoms with Crippen molar-refractivity contribution in [2.24, 2.45) is 0 Å². The standard InChI is InChI=1S/C17H18N4O3/c1-6-24-17(23)15-20-14-13(16(22)21-15)18-11-9(4)7(2)8(3)10(5)12(11)19-14/h6H2,1-5H3,(H,19,20,21,22). The second-order valence-corrected chi connectivity index (χ2v) is 5.73. The number of hydrogen-bond donors (Lipinski definition) is 1. The topological polar surface area (TPSA) is 97.8 Å². The third-order valence-corrected chi connectivity index (χ3v) is 4.41. The molecule has 0 spiro atoms. The Morgan fingerprint density at radius 2 is 1.50 bits per heavy atom. The zero-order valence-corrected chi connectivity index (χ0v) is 14.3. The number of carbonyl (C=O) groups is 1. The van der Waals surface area contributed by atoms with Gasteiger partial charge in [-0.1, -0.05) is 0 Å². The lowest BCUT2D eigenvalue weighted by Gasteiger charge is -2.13. The molecule has 0 radical (unpaired) electrons. The maximum absolute atomic E-state index is 12.3. The van der Waals surface area contributed by atoms with Gasteiger partial charge in [-0.05, 0) is 56.9 Å². The van der Waals surface area contributed by atoms with Crippen LogP contribution in [0.15, 0.2) is 4.79 Å². The van der Waals surface area contributed by atoms with Crippen LogP contribution in [0, 0.1) is 27.7 Å². The van der Waals surface area contributed by atoms with Crippen LogP contribution < -0.4 is 5.56 Å². The van der Waals surface area contributed by atoms with Gasteiger partial charge in [0.2, 0.25) is 5.82 Å². The number of benzene rings is 1. The zero-order chi connectivity index (χ0) is 17.6. The van der Waals surface area contributed by atoms with E-state index in [0.717, 1.165) is 22.3 Å². The molecule has 0 aliphatic heterocycles. The molecule has 0 aliphatic rings. The molecule has 124 valence electrons. The minimum atomic E-state index is -0.689. The zero-order valence-electron chi connectivity index (χ0n) is 14.3. The highest BCUT2D eigenvalue weighted by atomic mass is 16.5. The molecule has 7 heteroatoms. The predicted octanol–water partition coefficient (Wildman–Crippen LogP) is 2.28. The first-order valence-corrected chi connectivity index (χ1v) is 7.70. The van der Waals surface area contributed by atoms with Crippen molar-refractivity contribution in [3.05, 3.63) is 38.4 Å². The number of carbonyl (C=O) groups excluding carboxylic acids is 1.